The number of halogens is 1. The lowest BCUT2D eigenvalue weighted by atomic mass is 9.94. The van der Waals surface area contributed by atoms with Gasteiger partial charge in [0.2, 0.25) is 0 Å². The van der Waals surface area contributed by atoms with Crippen molar-refractivity contribution in [2.75, 3.05) is 0 Å². The van der Waals surface area contributed by atoms with E-state index in [1.807, 2.05) is 23.1 Å². The van der Waals surface area contributed by atoms with E-state index in [4.69, 9.17) is 16.6 Å². The van der Waals surface area contributed by atoms with Crippen LogP contribution in [0.3, 0.4) is 0 Å². The van der Waals surface area contributed by atoms with Gasteiger partial charge in [0, 0.05) is 40.3 Å². The number of rotatable bonds is 6. The zero-order valence-electron chi connectivity index (χ0n) is 22.1. The number of amidine groups is 1. The molecular weight excluding hydrogens is 522 g/mol. The maximum absolute atomic E-state index is 14.0. The number of thioether (sulfide) groups is 1. The van der Waals surface area contributed by atoms with E-state index in [1.165, 1.54) is 29.3 Å². The van der Waals surface area contributed by atoms with Crippen molar-refractivity contribution in [2.24, 2.45) is 4.99 Å². The highest BCUT2D eigenvalue weighted by molar-refractivity contribution is 8.18. The van der Waals surface area contributed by atoms with Crippen molar-refractivity contribution in [2.45, 2.75) is 58.0 Å². The average molecular weight is 554 g/mol. The third-order valence-electron chi connectivity index (χ3n) is 7.74. The topological polar surface area (TPSA) is 37.6 Å². The van der Waals surface area contributed by atoms with Crippen molar-refractivity contribution in [3.05, 3.63) is 106 Å². The molecule has 6 heteroatoms. The van der Waals surface area contributed by atoms with Gasteiger partial charge in [-0.3, -0.25) is 9.69 Å². The summed E-state index contributed by atoms with van der Waals surface area (Å²) in [5.74, 6) is 0.0779. The number of benzene rings is 3. The molecule has 2 aliphatic rings. The van der Waals surface area contributed by atoms with Gasteiger partial charge in [-0.2, -0.15) is 0 Å². The lowest BCUT2D eigenvalue weighted by Crippen LogP contribution is -2.40. The second-order valence-electron chi connectivity index (χ2n) is 10.3. The van der Waals surface area contributed by atoms with Gasteiger partial charge in [0.15, 0.2) is 5.17 Å². The molecule has 4 aromatic rings. The molecule has 0 spiro atoms. The van der Waals surface area contributed by atoms with Crippen molar-refractivity contribution >= 4 is 57.1 Å². The van der Waals surface area contributed by atoms with Gasteiger partial charge in [-0.05, 0) is 72.5 Å². The van der Waals surface area contributed by atoms with E-state index in [0.29, 0.717) is 0 Å². The normalized spacial score (nSPS) is 18.6. The Hall–Kier alpha value is -3.28. The lowest BCUT2D eigenvalue weighted by Gasteiger charge is -2.30. The fourth-order valence-electron chi connectivity index (χ4n) is 5.70. The zero-order chi connectivity index (χ0) is 26.8. The van der Waals surface area contributed by atoms with Crippen molar-refractivity contribution in [3.63, 3.8) is 0 Å². The molecule has 1 aromatic heterocycles. The van der Waals surface area contributed by atoms with Crippen LogP contribution >= 0.6 is 23.4 Å². The molecule has 0 N–H and O–H groups in total. The molecule has 39 heavy (non-hydrogen) atoms. The van der Waals surface area contributed by atoms with Gasteiger partial charge >= 0.3 is 0 Å². The smallest absolute Gasteiger partial charge is 0.267 e. The van der Waals surface area contributed by atoms with E-state index in [9.17, 15) is 4.79 Å². The number of aliphatic imine (C=N–C) groups is 1. The molecule has 4 nitrogen and oxygen atoms in total. The Morgan fingerprint density at radius 3 is 2.51 bits per heavy atom. The highest BCUT2D eigenvalue weighted by atomic mass is 35.5. The standard InChI is InChI=1S/C33H32ClN3OS/c1-2-24-10-6-8-14-29(24)35-33-37(27-11-4-3-5-12-27)32(38)31(39-33)20-25-22-36(30-15-9-7-13-28(25)30)21-23-16-18-26(34)19-17-23/h6-10,13-20,22,27H,2-5,11-12,21H2,1H3/b31-20+,35-33?. The van der Waals surface area contributed by atoms with Crippen LogP contribution in [0.25, 0.3) is 17.0 Å². The van der Waals surface area contributed by atoms with E-state index in [1.54, 1.807) is 0 Å². The second-order valence-corrected chi connectivity index (χ2v) is 11.8. The Labute approximate surface area is 239 Å². The number of carbonyl (C=O) groups excluding carboxylic acids is 1. The molecule has 0 bridgehead atoms. The predicted molar refractivity (Wildman–Crippen MR) is 165 cm³/mol. The van der Waals surface area contributed by atoms with E-state index < -0.39 is 0 Å². The maximum atomic E-state index is 14.0. The third-order valence-corrected chi connectivity index (χ3v) is 8.97. The van der Waals surface area contributed by atoms with Crippen LogP contribution in [0.2, 0.25) is 5.02 Å². The number of hydrogen-bond acceptors (Lipinski definition) is 3. The first-order valence-electron chi connectivity index (χ1n) is 13.8. The number of amides is 1. The van der Waals surface area contributed by atoms with E-state index in [0.717, 1.165) is 75.9 Å². The molecule has 0 radical (unpaired) electrons. The van der Waals surface area contributed by atoms with Crippen molar-refractivity contribution in [3.8, 4) is 0 Å². The molecule has 1 aliphatic carbocycles. The van der Waals surface area contributed by atoms with Crippen LogP contribution in [0, 0.1) is 0 Å². The summed E-state index contributed by atoms with van der Waals surface area (Å²) in [7, 11) is 0. The van der Waals surface area contributed by atoms with Crippen molar-refractivity contribution in [1.82, 2.24) is 9.47 Å². The molecule has 6 rings (SSSR count). The van der Waals surface area contributed by atoms with Crippen LogP contribution in [0.5, 0.6) is 0 Å². The zero-order valence-corrected chi connectivity index (χ0v) is 23.7. The second kappa shape index (κ2) is 11.4. The number of nitrogens with zero attached hydrogens (tertiary/aromatic N) is 3. The molecule has 3 aromatic carbocycles. The van der Waals surface area contributed by atoms with Crippen LogP contribution in [-0.2, 0) is 17.8 Å². The SMILES string of the molecule is CCc1ccccc1N=C1S/C(=C/c2cn(Cc3ccc(Cl)cc3)c3ccccc23)C(=O)N1C1CCCCC1. The maximum Gasteiger partial charge on any atom is 0.267 e. The monoisotopic (exact) mass is 553 g/mol. The number of aromatic nitrogens is 1. The summed E-state index contributed by atoms with van der Waals surface area (Å²) in [6, 6.07) is 24.8. The van der Waals surface area contributed by atoms with Crippen LogP contribution in [0.1, 0.15) is 55.7 Å². The molecule has 198 valence electrons. The summed E-state index contributed by atoms with van der Waals surface area (Å²) in [6.07, 6.45) is 10.8. The summed E-state index contributed by atoms with van der Waals surface area (Å²) < 4.78 is 2.25. The van der Waals surface area contributed by atoms with Gasteiger partial charge in [0.1, 0.15) is 0 Å². The average Bonchev–Trinajstić information content (AvgIpc) is 3.47. The number of para-hydroxylation sites is 2. The Bertz CT molecular complexity index is 1560. The number of hydrogen-bond donors (Lipinski definition) is 0. The van der Waals surface area contributed by atoms with Crippen molar-refractivity contribution < 1.29 is 4.79 Å². The fraction of sp³-hybridized carbons (Fsp3) is 0.273. The molecule has 2 fully saturated rings. The summed E-state index contributed by atoms with van der Waals surface area (Å²) in [6.45, 7) is 2.88. The Kier molecular flexibility index (Phi) is 7.62. The minimum atomic E-state index is 0.0779. The number of fused-ring (bicyclic) bond motifs is 1. The minimum absolute atomic E-state index is 0.0779. The largest absolute Gasteiger partial charge is 0.342 e. The summed E-state index contributed by atoms with van der Waals surface area (Å²) in [5.41, 5.74) is 5.53. The Morgan fingerprint density at radius 2 is 1.72 bits per heavy atom. The van der Waals surface area contributed by atoms with Gasteiger partial charge in [-0.25, -0.2) is 4.99 Å². The molecule has 1 amide bonds. The first-order valence-corrected chi connectivity index (χ1v) is 15.0. The fourth-order valence-corrected chi connectivity index (χ4v) is 6.87. The van der Waals surface area contributed by atoms with Crippen LogP contribution in [0.4, 0.5) is 5.69 Å². The van der Waals surface area contributed by atoms with Crippen LogP contribution in [0.15, 0.2) is 88.9 Å². The predicted octanol–water partition coefficient (Wildman–Crippen LogP) is 8.84. The first-order chi connectivity index (χ1) is 19.1. The molecule has 0 unspecified atom stereocenters. The molecule has 0 atom stereocenters. The van der Waals surface area contributed by atoms with Gasteiger partial charge < -0.3 is 4.57 Å². The highest BCUT2D eigenvalue weighted by Gasteiger charge is 2.39. The van der Waals surface area contributed by atoms with Crippen molar-refractivity contribution in [1.29, 1.82) is 0 Å². The Morgan fingerprint density at radius 1 is 0.974 bits per heavy atom. The molecular formula is C33H32ClN3OS. The Balaban J connectivity index is 1.39. The summed E-state index contributed by atoms with van der Waals surface area (Å²) in [4.78, 5) is 21.8. The molecule has 2 heterocycles. The molecule has 1 saturated heterocycles. The lowest BCUT2D eigenvalue weighted by molar-refractivity contribution is -0.124. The molecule has 1 saturated carbocycles. The van der Waals surface area contributed by atoms with Crippen LogP contribution < -0.4 is 0 Å². The molecule has 1 aliphatic heterocycles. The number of aryl methyl sites for hydroxylation is 1. The van der Waals surface area contributed by atoms with Crippen LogP contribution in [-0.4, -0.2) is 26.6 Å². The van der Waals surface area contributed by atoms with Gasteiger partial charge in [0.25, 0.3) is 5.91 Å². The third kappa shape index (κ3) is 5.43. The summed E-state index contributed by atoms with van der Waals surface area (Å²) in [5, 5.41) is 2.68. The minimum Gasteiger partial charge on any atom is -0.342 e. The van der Waals surface area contributed by atoms with E-state index in [2.05, 4.69) is 78.4 Å². The van der Waals surface area contributed by atoms with Gasteiger partial charge in [-0.1, -0.05) is 86.3 Å². The number of carbonyl (C=O) groups is 1. The first kappa shape index (κ1) is 26.0. The quantitative estimate of drug-likeness (QED) is 0.224. The van der Waals surface area contributed by atoms with E-state index in [-0.39, 0.29) is 11.9 Å². The highest BCUT2D eigenvalue weighted by Crippen LogP contribution is 2.40. The van der Waals surface area contributed by atoms with E-state index >= 15 is 0 Å². The summed E-state index contributed by atoms with van der Waals surface area (Å²) >= 11 is 7.62. The van der Waals surface area contributed by atoms with Gasteiger partial charge in [-0.15, -0.1) is 0 Å². The van der Waals surface area contributed by atoms with Gasteiger partial charge in [0.05, 0.1) is 10.6 Å².